The number of nitrogens with one attached hydrogen (secondary N) is 1. The molecule has 162 valence electrons. The van der Waals surface area contributed by atoms with E-state index in [0.29, 0.717) is 33.9 Å². The van der Waals surface area contributed by atoms with Crippen LogP contribution in [-0.2, 0) is 9.47 Å². The molecule has 5 rings (SSSR count). The van der Waals surface area contributed by atoms with Gasteiger partial charge in [0.05, 0.1) is 30.9 Å². The van der Waals surface area contributed by atoms with E-state index in [-0.39, 0.29) is 18.2 Å². The van der Waals surface area contributed by atoms with Gasteiger partial charge in [-0.25, -0.2) is 18.7 Å². The van der Waals surface area contributed by atoms with Crippen molar-refractivity contribution in [3.8, 4) is 11.5 Å². The summed E-state index contributed by atoms with van der Waals surface area (Å²) in [4.78, 5) is 8.59. The average molecular weight is 450 g/mol. The summed E-state index contributed by atoms with van der Waals surface area (Å²) in [5.41, 5.74) is 1.16. The first-order chi connectivity index (χ1) is 15.0. The van der Waals surface area contributed by atoms with E-state index in [9.17, 15) is 8.78 Å². The fourth-order valence-electron chi connectivity index (χ4n) is 3.81. The highest BCUT2D eigenvalue weighted by atomic mass is 35.5. The van der Waals surface area contributed by atoms with Crippen molar-refractivity contribution in [3.05, 3.63) is 47.5 Å². The third-order valence-corrected chi connectivity index (χ3v) is 5.62. The molecule has 0 bridgehead atoms. The Morgan fingerprint density at radius 1 is 1.10 bits per heavy atom. The lowest BCUT2D eigenvalue weighted by atomic mass is 10.1. The van der Waals surface area contributed by atoms with Crippen molar-refractivity contribution in [2.75, 3.05) is 25.6 Å². The number of fused-ring (bicyclic) bond motifs is 2. The molecule has 2 fully saturated rings. The summed E-state index contributed by atoms with van der Waals surface area (Å²) >= 11 is 5.87. The molecule has 4 atom stereocenters. The summed E-state index contributed by atoms with van der Waals surface area (Å²) in [5, 5.41) is 3.77. The summed E-state index contributed by atoms with van der Waals surface area (Å²) in [7, 11) is 1.52. The zero-order chi connectivity index (χ0) is 21.5. The van der Waals surface area contributed by atoms with Gasteiger partial charge in [-0.2, -0.15) is 0 Å². The number of aromatic nitrogens is 2. The lowest BCUT2D eigenvalue weighted by molar-refractivity contribution is 0.0271. The Hall–Kier alpha value is -2.75. The van der Waals surface area contributed by atoms with E-state index in [0.717, 1.165) is 0 Å². The largest absolute Gasteiger partial charge is 0.493 e. The second-order valence-electron chi connectivity index (χ2n) is 7.26. The Balaban J connectivity index is 1.45. The Kier molecular flexibility index (Phi) is 5.25. The molecule has 0 aliphatic carbocycles. The van der Waals surface area contributed by atoms with Crippen LogP contribution < -0.4 is 14.8 Å². The van der Waals surface area contributed by atoms with Crippen molar-refractivity contribution in [3.63, 3.8) is 0 Å². The van der Waals surface area contributed by atoms with Crippen LogP contribution in [0.25, 0.3) is 10.9 Å². The molecule has 3 aromatic rings. The van der Waals surface area contributed by atoms with Gasteiger partial charge in [-0.15, -0.1) is 0 Å². The summed E-state index contributed by atoms with van der Waals surface area (Å²) in [6.45, 7) is 0.221. The first-order valence-electron chi connectivity index (χ1n) is 9.62. The van der Waals surface area contributed by atoms with Crippen LogP contribution in [0.15, 0.2) is 36.7 Å². The zero-order valence-corrected chi connectivity index (χ0v) is 17.1. The standard InChI is InChI=1S/C21H18ClF2N3O4/c1-28-16-5-11-15(6-17(16)31-18-8-30-19-14(24)7-29-20(18)19)25-9-26-21(11)27-10-2-3-13(23)12(22)4-10/h2-6,9,14,18-20H,7-8H2,1H3,(H,25,26,27)/t14?,18?,19-,20-/m0/s1. The van der Waals surface area contributed by atoms with Gasteiger partial charge in [0.15, 0.2) is 23.8 Å². The number of methoxy groups -OCH3 is 1. The number of rotatable bonds is 5. The summed E-state index contributed by atoms with van der Waals surface area (Å²) in [6, 6.07) is 7.74. The minimum absolute atomic E-state index is 0.000293. The number of benzene rings is 2. The first-order valence-corrected chi connectivity index (χ1v) is 10.00. The van der Waals surface area contributed by atoms with Crippen LogP contribution in [0.4, 0.5) is 20.3 Å². The van der Waals surface area contributed by atoms with Gasteiger partial charge in [-0.05, 0) is 24.3 Å². The van der Waals surface area contributed by atoms with E-state index in [1.807, 2.05) is 0 Å². The minimum atomic E-state index is -1.15. The van der Waals surface area contributed by atoms with Crippen LogP contribution in [0.5, 0.6) is 11.5 Å². The van der Waals surface area contributed by atoms with Crippen LogP contribution in [0.2, 0.25) is 5.02 Å². The number of anilines is 2. The summed E-state index contributed by atoms with van der Waals surface area (Å²) in [5.74, 6) is 0.859. The van der Waals surface area contributed by atoms with E-state index < -0.39 is 30.3 Å². The summed E-state index contributed by atoms with van der Waals surface area (Å²) in [6.07, 6.45) is -1.30. The molecule has 0 amide bonds. The van der Waals surface area contributed by atoms with E-state index in [2.05, 4.69) is 15.3 Å². The van der Waals surface area contributed by atoms with Crippen LogP contribution in [-0.4, -0.2) is 54.8 Å². The Morgan fingerprint density at radius 2 is 1.94 bits per heavy atom. The van der Waals surface area contributed by atoms with Gasteiger partial charge in [-0.1, -0.05) is 11.6 Å². The van der Waals surface area contributed by atoms with Crippen molar-refractivity contribution in [2.24, 2.45) is 0 Å². The minimum Gasteiger partial charge on any atom is -0.493 e. The molecule has 2 aliphatic heterocycles. The van der Waals surface area contributed by atoms with Gasteiger partial charge >= 0.3 is 0 Å². The van der Waals surface area contributed by atoms with Crippen LogP contribution in [0.1, 0.15) is 0 Å². The first kappa shape index (κ1) is 20.2. The Morgan fingerprint density at radius 3 is 2.74 bits per heavy atom. The third-order valence-electron chi connectivity index (χ3n) is 5.33. The lowest BCUT2D eigenvalue weighted by Crippen LogP contribution is -2.33. The molecule has 0 radical (unpaired) electrons. The maximum absolute atomic E-state index is 13.8. The van der Waals surface area contributed by atoms with Crippen molar-refractivity contribution >= 4 is 34.0 Å². The van der Waals surface area contributed by atoms with Gasteiger partial charge in [0.25, 0.3) is 0 Å². The van der Waals surface area contributed by atoms with E-state index in [1.54, 1.807) is 18.2 Å². The zero-order valence-electron chi connectivity index (χ0n) is 16.3. The number of halogens is 3. The van der Waals surface area contributed by atoms with Gasteiger partial charge < -0.3 is 24.3 Å². The number of ether oxygens (including phenoxy) is 4. The van der Waals surface area contributed by atoms with Gasteiger partial charge in [-0.3, -0.25) is 0 Å². The highest BCUT2D eigenvalue weighted by Gasteiger charge is 2.49. The fraction of sp³-hybridized carbons (Fsp3) is 0.333. The van der Waals surface area contributed by atoms with Crippen LogP contribution in [0.3, 0.4) is 0 Å². The number of hydrogen-bond donors (Lipinski definition) is 1. The number of nitrogens with zero attached hydrogens (tertiary/aromatic N) is 2. The second-order valence-corrected chi connectivity index (χ2v) is 7.67. The number of alkyl halides is 1. The second kappa shape index (κ2) is 8.07. The number of hydrogen-bond acceptors (Lipinski definition) is 7. The SMILES string of the molecule is COc1cc2c(Nc3ccc(F)c(Cl)c3)ncnc2cc1OC1CO[C@H]2C(F)CO[C@@H]12. The third kappa shape index (κ3) is 3.73. The topological polar surface area (TPSA) is 74.7 Å². The smallest absolute Gasteiger partial charge is 0.164 e. The van der Waals surface area contributed by atoms with Crippen LogP contribution in [0, 0.1) is 5.82 Å². The Labute approximate surface area is 181 Å². The molecule has 2 aromatic carbocycles. The quantitative estimate of drug-likeness (QED) is 0.629. The highest BCUT2D eigenvalue weighted by Crippen LogP contribution is 2.38. The molecular formula is C21H18ClF2N3O4. The predicted molar refractivity (Wildman–Crippen MR) is 110 cm³/mol. The molecule has 2 aliphatic rings. The fourth-order valence-corrected chi connectivity index (χ4v) is 3.99. The van der Waals surface area contributed by atoms with E-state index >= 15 is 0 Å². The molecule has 0 saturated carbocycles. The molecule has 1 aromatic heterocycles. The molecule has 0 spiro atoms. The monoisotopic (exact) mass is 449 g/mol. The van der Waals surface area contributed by atoms with E-state index in [4.69, 9.17) is 30.5 Å². The average Bonchev–Trinajstić information content (AvgIpc) is 3.34. The maximum Gasteiger partial charge on any atom is 0.164 e. The van der Waals surface area contributed by atoms with E-state index in [1.165, 1.54) is 25.6 Å². The van der Waals surface area contributed by atoms with Gasteiger partial charge in [0.1, 0.15) is 30.2 Å². The molecule has 3 heterocycles. The molecule has 7 nitrogen and oxygen atoms in total. The van der Waals surface area contributed by atoms with Gasteiger partial charge in [0, 0.05) is 17.1 Å². The van der Waals surface area contributed by atoms with Crippen molar-refractivity contribution in [2.45, 2.75) is 24.5 Å². The maximum atomic E-state index is 13.8. The molecule has 1 N–H and O–H groups in total. The van der Waals surface area contributed by atoms with Gasteiger partial charge in [0.2, 0.25) is 0 Å². The summed E-state index contributed by atoms with van der Waals surface area (Å²) < 4.78 is 49.9. The normalized spacial score (nSPS) is 24.9. The van der Waals surface area contributed by atoms with Crippen LogP contribution >= 0.6 is 11.6 Å². The molecule has 2 saturated heterocycles. The predicted octanol–water partition coefficient (Wildman–Crippen LogP) is 4.06. The molecule has 2 unspecified atom stereocenters. The molecular weight excluding hydrogens is 432 g/mol. The van der Waals surface area contributed by atoms with Crippen molar-refractivity contribution in [1.29, 1.82) is 0 Å². The molecule has 10 heteroatoms. The van der Waals surface area contributed by atoms with Crippen molar-refractivity contribution in [1.82, 2.24) is 9.97 Å². The van der Waals surface area contributed by atoms with Crippen molar-refractivity contribution < 1.29 is 27.7 Å². The lowest BCUT2D eigenvalue weighted by Gasteiger charge is -2.20. The molecule has 31 heavy (non-hydrogen) atoms. The highest BCUT2D eigenvalue weighted by molar-refractivity contribution is 6.31. The Bertz CT molecular complexity index is 1140.